The highest BCUT2D eigenvalue weighted by Gasteiger charge is 2.20. The Morgan fingerprint density at radius 2 is 2.20 bits per heavy atom. The average molecular weight is 281 g/mol. The Kier molecular flexibility index (Phi) is 6.45. The summed E-state index contributed by atoms with van der Waals surface area (Å²) in [6, 6.07) is 3.97. The van der Waals surface area contributed by atoms with Crippen LogP contribution in [0.4, 0.5) is 4.79 Å². The van der Waals surface area contributed by atoms with Crippen LogP contribution < -0.4 is 5.32 Å². The summed E-state index contributed by atoms with van der Waals surface area (Å²) in [4.78, 5) is 28.2. The summed E-state index contributed by atoms with van der Waals surface area (Å²) in [5, 5.41) is 20.0. The van der Waals surface area contributed by atoms with Gasteiger partial charge in [0.05, 0.1) is 0 Å². The summed E-state index contributed by atoms with van der Waals surface area (Å²) in [6.45, 7) is 0.128. The highest BCUT2D eigenvalue weighted by atomic mass is 16.4. The zero-order chi connectivity index (χ0) is 15.0. The molecule has 3 N–H and O–H groups in total. The molecule has 1 atom stereocenters. The predicted octanol–water partition coefficient (Wildman–Crippen LogP) is 0.101. The van der Waals surface area contributed by atoms with E-state index < -0.39 is 18.0 Å². The van der Waals surface area contributed by atoms with Crippen LogP contribution >= 0.6 is 0 Å². The zero-order valence-electron chi connectivity index (χ0n) is 11.3. The van der Waals surface area contributed by atoms with E-state index in [4.69, 9.17) is 10.2 Å². The standard InChI is InChI=1S/C13H19N3O4/c1-16(8-5-10-4-2-3-7-14-10)13(20)15-11(6-9-17)12(18)19/h2-4,7,11,17H,5-6,8-9H2,1H3,(H,15,20)(H,18,19)/t11-/m1/s1. The average Bonchev–Trinajstić information content (AvgIpc) is 2.45. The van der Waals surface area contributed by atoms with Gasteiger partial charge in [-0.15, -0.1) is 0 Å². The van der Waals surface area contributed by atoms with E-state index in [1.54, 1.807) is 13.2 Å². The molecule has 0 bridgehead atoms. The monoisotopic (exact) mass is 281 g/mol. The Morgan fingerprint density at radius 3 is 2.75 bits per heavy atom. The van der Waals surface area contributed by atoms with Gasteiger partial charge in [0.2, 0.25) is 0 Å². The van der Waals surface area contributed by atoms with E-state index in [1.807, 2.05) is 18.2 Å². The molecular weight excluding hydrogens is 262 g/mol. The third kappa shape index (κ3) is 5.23. The Bertz CT molecular complexity index is 439. The summed E-state index contributed by atoms with van der Waals surface area (Å²) >= 11 is 0. The number of carbonyl (C=O) groups excluding carboxylic acids is 1. The first-order valence-electron chi connectivity index (χ1n) is 6.29. The van der Waals surface area contributed by atoms with E-state index in [0.717, 1.165) is 5.69 Å². The van der Waals surface area contributed by atoms with E-state index in [-0.39, 0.29) is 13.0 Å². The van der Waals surface area contributed by atoms with Crippen molar-refractivity contribution in [2.24, 2.45) is 0 Å². The first-order chi connectivity index (χ1) is 9.54. The van der Waals surface area contributed by atoms with Gasteiger partial charge in [0.25, 0.3) is 0 Å². The van der Waals surface area contributed by atoms with Crippen molar-refractivity contribution in [2.45, 2.75) is 18.9 Å². The molecule has 1 aromatic heterocycles. The van der Waals surface area contributed by atoms with Crippen LogP contribution in [0.5, 0.6) is 0 Å². The summed E-state index contributed by atoms with van der Waals surface area (Å²) in [5.74, 6) is -1.16. The van der Waals surface area contributed by atoms with Crippen LogP contribution in [-0.2, 0) is 11.2 Å². The Balaban J connectivity index is 2.44. The van der Waals surface area contributed by atoms with Crippen LogP contribution in [-0.4, -0.2) is 58.3 Å². The molecule has 0 saturated heterocycles. The second-order valence-electron chi connectivity index (χ2n) is 4.35. The van der Waals surface area contributed by atoms with E-state index in [9.17, 15) is 9.59 Å². The highest BCUT2D eigenvalue weighted by molar-refractivity contribution is 5.82. The maximum atomic E-state index is 11.8. The number of rotatable bonds is 7. The van der Waals surface area contributed by atoms with Gasteiger partial charge in [0, 0.05) is 44.9 Å². The lowest BCUT2D eigenvalue weighted by atomic mass is 10.2. The molecule has 7 heteroatoms. The minimum atomic E-state index is -1.16. The summed E-state index contributed by atoms with van der Waals surface area (Å²) < 4.78 is 0. The lowest BCUT2D eigenvalue weighted by Crippen LogP contribution is -2.47. The molecule has 0 aliphatic carbocycles. The number of aromatic nitrogens is 1. The lowest BCUT2D eigenvalue weighted by molar-refractivity contribution is -0.139. The number of carboxylic acids is 1. The number of hydrogen-bond acceptors (Lipinski definition) is 4. The fraction of sp³-hybridized carbons (Fsp3) is 0.462. The first-order valence-corrected chi connectivity index (χ1v) is 6.29. The molecule has 0 aliphatic heterocycles. The number of nitrogens with one attached hydrogen (secondary N) is 1. The van der Waals surface area contributed by atoms with E-state index >= 15 is 0 Å². The summed E-state index contributed by atoms with van der Waals surface area (Å²) in [5.41, 5.74) is 0.859. The van der Waals surface area contributed by atoms with Crippen LogP contribution in [0.3, 0.4) is 0 Å². The van der Waals surface area contributed by atoms with E-state index in [1.165, 1.54) is 4.90 Å². The Morgan fingerprint density at radius 1 is 1.45 bits per heavy atom. The van der Waals surface area contributed by atoms with E-state index in [2.05, 4.69) is 10.3 Å². The molecule has 2 amide bonds. The number of urea groups is 1. The van der Waals surface area contributed by atoms with Crippen molar-refractivity contribution >= 4 is 12.0 Å². The second-order valence-corrected chi connectivity index (χ2v) is 4.35. The number of hydrogen-bond donors (Lipinski definition) is 3. The summed E-state index contributed by atoms with van der Waals surface area (Å²) in [7, 11) is 1.58. The zero-order valence-corrected chi connectivity index (χ0v) is 11.3. The SMILES string of the molecule is CN(CCc1ccccn1)C(=O)N[C@H](CCO)C(=O)O. The van der Waals surface area contributed by atoms with Crippen molar-refractivity contribution < 1.29 is 19.8 Å². The molecule has 1 aromatic rings. The first kappa shape index (κ1) is 15.9. The molecule has 0 aliphatic rings. The fourth-order valence-electron chi connectivity index (χ4n) is 1.58. The number of amides is 2. The number of aliphatic hydroxyl groups excluding tert-OH is 1. The number of nitrogens with zero attached hydrogens (tertiary/aromatic N) is 2. The molecule has 110 valence electrons. The molecule has 0 unspecified atom stereocenters. The number of likely N-dealkylation sites (N-methyl/N-ethyl adjacent to an activating group) is 1. The number of carboxylic acid groups (broad SMARTS) is 1. The van der Waals surface area contributed by atoms with Crippen LogP contribution in [0.2, 0.25) is 0 Å². The number of aliphatic hydroxyl groups is 1. The maximum absolute atomic E-state index is 11.8. The van der Waals surface area contributed by atoms with Gasteiger partial charge in [-0.3, -0.25) is 4.98 Å². The van der Waals surface area contributed by atoms with Gasteiger partial charge in [-0.1, -0.05) is 6.07 Å². The minimum absolute atomic E-state index is 0.0187. The molecule has 0 spiro atoms. The molecule has 0 fully saturated rings. The molecule has 0 aromatic carbocycles. The molecule has 0 radical (unpaired) electrons. The number of carbonyl (C=O) groups is 2. The van der Waals surface area contributed by atoms with Crippen LogP contribution in [0, 0.1) is 0 Å². The molecule has 20 heavy (non-hydrogen) atoms. The third-order valence-electron chi connectivity index (χ3n) is 2.79. The van der Waals surface area contributed by atoms with Crippen LogP contribution in [0.25, 0.3) is 0 Å². The minimum Gasteiger partial charge on any atom is -0.480 e. The fourth-order valence-corrected chi connectivity index (χ4v) is 1.58. The van der Waals surface area contributed by atoms with Crippen molar-refractivity contribution in [2.75, 3.05) is 20.2 Å². The smallest absolute Gasteiger partial charge is 0.326 e. The maximum Gasteiger partial charge on any atom is 0.326 e. The third-order valence-corrected chi connectivity index (χ3v) is 2.79. The normalized spacial score (nSPS) is 11.7. The van der Waals surface area contributed by atoms with Crippen molar-refractivity contribution in [1.82, 2.24) is 15.2 Å². The van der Waals surface area contributed by atoms with Gasteiger partial charge < -0.3 is 20.4 Å². The molecule has 0 saturated carbocycles. The van der Waals surface area contributed by atoms with Gasteiger partial charge in [0.1, 0.15) is 6.04 Å². The van der Waals surface area contributed by atoms with Crippen LogP contribution in [0.1, 0.15) is 12.1 Å². The quantitative estimate of drug-likeness (QED) is 0.658. The second kappa shape index (κ2) is 8.11. The van der Waals surface area contributed by atoms with Gasteiger partial charge in [0.15, 0.2) is 0 Å². The molecular formula is C13H19N3O4. The van der Waals surface area contributed by atoms with E-state index in [0.29, 0.717) is 13.0 Å². The number of aliphatic carboxylic acids is 1. The topological polar surface area (TPSA) is 103 Å². The Hall–Kier alpha value is -2.15. The van der Waals surface area contributed by atoms with Gasteiger partial charge in [-0.05, 0) is 12.1 Å². The highest BCUT2D eigenvalue weighted by Crippen LogP contribution is 1.98. The van der Waals surface area contributed by atoms with Crippen molar-refractivity contribution in [1.29, 1.82) is 0 Å². The Labute approximate surface area is 117 Å². The molecule has 1 heterocycles. The van der Waals surface area contributed by atoms with Crippen LogP contribution in [0.15, 0.2) is 24.4 Å². The molecule has 7 nitrogen and oxygen atoms in total. The lowest BCUT2D eigenvalue weighted by Gasteiger charge is -2.20. The predicted molar refractivity (Wildman–Crippen MR) is 72.2 cm³/mol. The van der Waals surface area contributed by atoms with Gasteiger partial charge in [-0.25, -0.2) is 9.59 Å². The van der Waals surface area contributed by atoms with Gasteiger partial charge >= 0.3 is 12.0 Å². The van der Waals surface area contributed by atoms with Crippen molar-refractivity contribution in [3.05, 3.63) is 30.1 Å². The van der Waals surface area contributed by atoms with Crippen molar-refractivity contribution in [3.8, 4) is 0 Å². The largest absolute Gasteiger partial charge is 0.480 e. The van der Waals surface area contributed by atoms with Crippen molar-refractivity contribution in [3.63, 3.8) is 0 Å². The van der Waals surface area contributed by atoms with Gasteiger partial charge in [-0.2, -0.15) is 0 Å². The molecule has 1 rings (SSSR count). The summed E-state index contributed by atoms with van der Waals surface area (Å²) in [6.07, 6.45) is 2.24. The number of pyridine rings is 1.